The predicted octanol–water partition coefficient (Wildman–Crippen LogP) is 1.43. The van der Waals surface area contributed by atoms with E-state index in [0.717, 1.165) is 11.3 Å². The molecule has 7 heteroatoms. The van der Waals surface area contributed by atoms with Gasteiger partial charge in [0.15, 0.2) is 5.82 Å². The lowest BCUT2D eigenvalue weighted by Gasteiger charge is -2.13. The average Bonchev–Trinajstić information content (AvgIpc) is 3.19. The maximum Gasteiger partial charge on any atom is 0.343 e. The molecule has 0 unspecified atom stereocenters. The second-order valence-electron chi connectivity index (χ2n) is 4.98. The lowest BCUT2D eigenvalue weighted by atomic mass is 10.2. The predicted molar refractivity (Wildman–Crippen MR) is 81.0 cm³/mol. The van der Waals surface area contributed by atoms with Crippen molar-refractivity contribution >= 4 is 0 Å². The van der Waals surface area contributed by atoms with E-state index in [1.54, 1.807) is 22.6 Å². The van der Waals surface area contributed by atoms with Crippen molar-refractivity contribution in [3.8, 4) is 5.75 Å². The van der Waals surface area contributed by atoms with Crippen LogP contribution >= 0.6 is 0 Å². The molecule has 22 heavy (non-hydrogen) atoms. The van der Waals surface area contributed by atoms with Crippen LogP contribution in [-0.2, 0) is 6.54 Å². The molecule has 0 aliphatic rings. The van der Waals surface area contributed by atoms with Gasteiger partial charge in [0, 0.05) is 12.4 Å². The normalized spacial score (nSPS) is 12.3. The van der Waals surface area contributed by atoms with Gasteiger partial charge in [0.1, 0.15) is 11.8 Å². The van der Waals surface area contributed by atoms with Crippen molar-refractivity contribution < 1.29 is 4.74 Å². The van der Waals surface area contributed by atoms with Crippen molar-refractivity contribution in [3.63, 3.8) is 0 Å². The first-order chi connectivity index (χ1) is 10.7. The van der Waals surface area contributed by atoms with Crippen LogP contribution in [0, 0.1) is 0 Å². The number of ether oxygens (including phenoxy) is 1. The second kappa shape index (κ2) is 5.88. The first kappa shape index (κ1) is 14.1. The number of benzene rings is 1. The van der Waals surface area contributed by atoms with Crippen molar-refractivity contribution in [2.45, 2.75) is 19.5 Å². The van der Waals surface area contributed by atoms with Crippen LogP contribution in [0.3, 0.4) is 0 Å². The molecular formula is C15H17N5O2. The first-order valence-electron chi connectivity index (χ1n) is 6.96. The van der Waals surface area contributed by atoms with Gasteiger partial charge in [0.05, 0.1) is 13.7 Å². The summed E-state index contributed by atoms with van der Waals surface area (Å²) in [6.07, 6.45) is 3.55. The highest BCUT2D eigenvalue weighted by Gasteiger charge is 2.17. The van der Waals surface area contributed by atoms with Crippen molar-refractivity contribution in [1.82, 2.24) is 24.5 Å². The summed E-state index contributed by atoms with van der Waals surface area (Å²) in [6.45, 7) is 2.40. The molecule has 1 N–H and O–H groups in total. The molecule has 0 amide bonds. The zero-order valence-electron chi connectivity index (χ0n) is 12.4. The van der Waals surface area contributed by atoms with Crippen LogP contribution in [0.15, 0.2) is 47.5 Å². The number of hydrogen-bond acceptors (Lipinski definition) is 4. The van der Waals surface area contributed by atoms with Gasteiger partial charge in [0.2, 0.25) is 0 Å². The van der Waals surface area contributed by atoms with Gasteiger partial charge in [-0.05, 0) is 30.7 Å². The third-order valence-electron chi connectivity index (χ3n) is 3.58. The largest absolute Gasteiger partial charge is 0.497 e. The highest BCUT2D eigenvalue weighted by atomic mass is 16.5. The minimum Gasteiger partial charge on any atom is -0.497 e. The minimum atomic E-state index is -0.232. The van der Waals surface area contributed by atoms with E-state index in [-0.39, 0.29) is 11.7 Å². The van der Waals surface area contributed by atoms with Crippen LogP contribution in [0.25, 0.3) is 0 Å². The summed E-state index contributed by atoms with van der Waals surface area (Å²) in [5.74, 6) is 1.43. The molecule has 114 valence electrons. The highest BCUT2D eigenvalue weighted by molar-refractivity contribution is 5.27. The van der Waals surface area contributed by atoms with Crippen molar-refractivity contribution in [2.24, 2.45) is 0 Å². The van der Waals surface area contributed by atoms with Gasteiger partial charge >= 0.3 is 5.69 Å². The summed E-state index contributed by atoms with van der Waals surface area (Å²) >= 11 is 0. The first-order valence-corrected chi connectivity index (χ1v) is 6.96. The van der Waals surface area contributed by atoms with Crippen LogP contribution in [0.4, 0.5) is 0 Å². The number of nitrogens with one attached hydrogen (secondary N) is 1. The Morgan fingerprint density at radius 3 is 2.73 bits per heavy atom. The van der Waals surface area contributed by atoms with Crippen molar-refractivity contribution in [2.75, 3.05) is 7.11 Å². The van der Waals surface area contributed by atoms with Gasteiger partial charge in [-0.25, -0.2) is 9.89 Å². The van der Waals surface area contributed by atoms with Gasteiger partial charge in [-0.1, -0.05) is 12.1 Å². The summed E-state index contributed by atoms with van der Waals surface area (Å²) in [5, 5.41) is 10.9. The Labute approximate surface area is 127 Å². The maximum atomic E-state index is 12.0. The van der Waals surface area contributed by atoms with Crippen LogP contribution in [0.1, 0.15) is 24.4 Å². The zero-order valence-corrected chi connectivity index (χ0v) is 12.4. The zero-order chi connectivity index (χ0) is 15.5. The van der Waals surface area contributed by atoms with Gasteiger partial charge in [-0.15, -0.1) is 0 Å². The Kier molecular flexibility index (Phi) is 3.78. The van der Waals surface area contributed by atoms with Crippen molar-refractivity contribution in [3.05, 3.63) is 64.6 Å². The third kappa shape index (κ3) is 2.65. The number of methoxy groups -OCH3 is 1. The summed E-state index contributed by atoms with van der Waals surface area (Å²) in [7, 11) is 1.62. The van der Waals surface area contributed by atoms with Gasteiger partial charge < -0.3 is 4.74 Å². The molecule has 7 nitrogen and oxygen atoms in total. The molecule has 1 atom stereocenters. The summed E-state index contributed by atoms with van der Waals surface area (Å²) < 4.78 is 8.52. The molecule has 2 aromatic heterocycles. The summed E-state index contributed by atoms with van der Waals surface area (Å²) in [5.41, 5.74) is 0.767. The molecular weight excluding hydrogens is 282 g/mol. The number of nitrogens with zero attached hydrogens (tertiary/aromatic N) is 4. The van der Waals surface area contributed by atoms with E-state index in [1.165, 1.54) is 0 Å². The fourth-order valence-electron chi connectivity index (χ4n) is 2.34. The Morgan fingerprint density at radius 1 is 1.32 bits per heavy atom. The molecule has 1 aromatic carbocycles. The number of hydrogen-bond donors (Lipinski definition) is 1. The number of H-pyrrole nitrogens is 1. The van der Waals surface area contributed by atoms with Gasteiger partial charge in [-0.2, -0.15) is 10.2 Å². The van der Waals surface area contributed by atoms with Crippen LogP contribution in [0.2, 0.25) is 0 Å². The highest BCUT2D eigenvalue weighted by Crippen LogP contribution is 2.16. The minimum absolute atomic E-state index is 0.132. The molecule has 0 saturated heterocycles. The third-order valence-corrected chi connectivity index (χ3v) is 3.58. The number of aromatic amines is 1. The number of rotatable bonds is 5. The number of aromatic nitrogens is 5. The smallest absolute Gasteiger partial charge is 0.343 e. The molecule has 3 aromatic rings. The molecule has 2 heterocycles. The fraction of sp³-hybridized carbons (Fsp3) is 0.267. The lowest BCUT2D eigenvalue weighted by Crippen LogP contribution is -2.22. The van der Waals surface area contributed by atoms with E-state index < -0.39 is 0 Å². The fourth-order valence-corrected chi connectivity index (χ4v) is 2.34. The van der Waals surface area contributed by atoms with E-state index in [1.807, 2.05) is 43.5 Å². The molecule has 0 radical (unpaired) electrons. The quantitative estimate of drug-likeness (QED) is 0.773. The Balaban J connectivity index is 1.90. The van der Waals surface area contributed by atoms with Gasteiger partial charge in [-0.3, -0.25) is 9.25 Å². The molecule has 0 fully saturated rings. The van der Waals surface area contributed by atoms with Crippen LogP contribution < -0.4 is 10.4 Å². The topological polar surface area (TPSA) is 77.7 Å². The van der Waals surface area contributed by atoms with E-state index in [0.29, 0.717) is 12.4 Å². The second-order valence-corrected chi connectivity index (χ2v) is 4.98. The Bertz CT molecular complexity index is 786. The van der Waals surface area contributed by atoms with Gasteiger partial charge in [0.25, 0.3) is 0 Å². The van der Waals surface area contributed by atoms with E-state index in [9.17, 15) is 4.79 Å². The maximum absolute atomic E-state index is 12.0. The van der Waals surface area contributed by atoms with E-state index >= 15 is 0 Å². The molecule has 0 spiro atoms. The SMILES string of the molecule is COc1ccc(Cn2c([C@@H](C)n3cccn3)n[nH]c2=O)cc1. The molecule has 3 rings (SSSR count). The summed E-state index contributed by atoms with van der Waals surface area (Å²) in [6, 6.07) is 9.32. The van der Waals surface area contributed by atoms with E-state index in [2.05, 4.69) is 15.3 Å². The van der Waals surface area contributed by atoms with Crippen LogP contribution in [0.5, 0.6) is 5.75 Å². The Morgan fingerprint density at radius 2 is 2.09 bits per heavy atom. The van der Waals surface area contributed by atoms with E-state index in [4.69, 9.17) is 4.74 Å². The van der Waals surface area contributed by atoms with Crippen molar-refractivity contribution in [1.29, 1.82) is 0 Å². The van der Waals surface area contributed by atoms with Crippen LogP contribution in [-0.4, -0.2) is 31.7 Å². The Hall–Kier alpha value is -2.83. The monoisotopic (exact) mass is 299 g/mol. The average molecular weight is 299 g/mol. The summed E-state index contributed by atoms with van der Waals surface area (Å²) in [4.78, 5) is 12.0. The lowest BCUT2D eigenvalue weighted by molar-refractivity contribution is 0.414. The molecule has 0 aliphatic carbocycles. The standard InChI is InChI=1S/C15H17N5O2/c1-11(20-9-3-8-16-20)14-17-18-15(21)19(14)10-12-4-6-13(22-2)7-5-12/h3-9,11H,10H2,1-2H3,(H,18,21)/t11-/m1/s1. The molecule has 0 aliphatic heterocycles. The molecule has 0 bridgehead atoms. The molecule has 0 saturated carbocycles.